The summed E-state index contributed by atoms with van der Waals surface area (Å²) in [4.78, 5) is 7.12. The zero-order chi connectivity index (χ0) is 16.7. The standard InChI is InChI=1S/C18H30N4O2/c1-12-5-7-18(23,8-6-12)11-22-10-14(24-2)9-15(22)17-19-16(20-21-17)13-3-4-13/h12-15,23H,3-11H2,1-2H3,(H,19,20,21)/t12?,14-,15+,18?/m1/s1. The summed E-state index contributed by atoms with van der Waals surface area (Å²) in [6.45, 7) is 3.86. The molecule has 3 fully saturated rings. The Bertz CT molecular complexity index is 563. The molecule has 0 radical (unpaired) electrons. The smallest absolute Gasteiger partial charge is 0.153 e. The minimum absolute atomic E-state index is 0.179. The molecule has 2 saturated carbocycles. The van der Waals surface area contributed by atoms with Gasteiger partial charge in [0.25, 0.3) is 0 Å². The van der Waals surface area contributed by atoms with E-state index in [4.69, 9.17) is 9.72 Å². The van der Waals surface area contributed by atoms with E-state index in [1.165, 1.54) is 12.8 Å². The molecule has 0 bridgehead atoms. The van der Waals surface area contributed by atoms with Gasteiger partial charge in [-0.05, 0) is 50.9 Å². The highest BCUT2D eigenvalue weighted by Gasteiger charge is 2.41. The van der Waals surface area contributed by atoms with Gasteiger partial charge in [-0.3, -0.25) is 10.00 Å². The Morgan fingerprint density at radius 1 is 1.29 bits per heavy atom. The van der Waals surface area contributed by atoms with E-state index >= 15 is 0 Å². The molecule has 1 aromatic heterocycles. The quantitative estimate of drug-likeness (QED) is 0.865. The molecule has 3 aliphatic rings. The fourth-order valence-corrected chi connectivity index (χ4v) is 4.29. The van der Waals surface area contributed by atoms with Gasteiger partial charge in [0.2, 0.25) is 0 Å². The van der Waals surface area contributed by atoms with E-state index in [0.29, 0.717) is 12.5 Å². The zero-order valence-electron chi connectivity index (χ0n) is 14.9. The maximum atomic E-state index is 11.0. The van der Waals surface area contributed by atoms with Crippen molar-refractivity contribution in [3.63, 3.8) is 0 Å². The molecule has 2 aliphatic carbocycles. The fraction of sp³-hybridized carbons (Fsp3) is 0.889. The highest BCUT2D eigenvalue weighted by atomic mass is 16.5. The lowest BCUT2D eigenvalue weighted by Crippen LogP contribution is -2.45. The van der Waals surface area contributed by atoms with Gasteiger partial charge in [0.05, 0.1) is 17.7 Å². The lowest BCUT2D eigenvalue weighted by Gasteiger charge is -2.39. The van der Waals surface area contributed by atoms with E-state index in [1.807, 2.05) is 0 Å². The van der Waals surface area contributed by atoms with Crippen LogP contribution in [-0.2, 0) is 4.74 Å². The van der Waals surface area contributed by atoms with Crippen molar-refractivity contribution < 1.29 is 9.84 Å². The SMILES string of the molecule is CO[C@@H]1C[C@@H](c2nc(C3CC3)n[nH]2)N(CC2(O)CCC(C)CC2)C1. The molecule has 0 unspecified atom stereocenters. The van der Waals surface area contributed by atoms with Crippen molar-refractivity contribution in [2.24, 2.45) is 5.92 Å². The van der Waals surface area contributed by atoms with E-state index in [2.05, 4.69) is 22.0 Å². The molecule has 0 spiro atoms. The lowest BCUT2D eigenvalue weighted by atomic mass is 9.79. The summed E-state index contributed by atoms with van der Waals surface area (Å²) in [5.74, 6) is 3.22. The van der Waals surface area contributed by atoms with Crippen molar-refractivity contribution in [1.29, 1.82) is 0 Å². The largest absolute Gasteiger partial charge is 0.389 e. The van der Waals surface area contributed by atoms with Gasteiger partial charge in [-0.2, -0.15) is 5.10 Å². The van der Waals surface area contributed by atoms with E-state index in [9.17, 15) is 5.11 Å². The number of nitrogens with zero attached hydrogens (tertiary/aromatic N) is 3. The predicted octanol–water partition coefficient (Wildman–Crippen LogP) is 2.39. The molecule has 6 heteroatoms. The molecule has 24 heavy (non-hydrogen) atoms. The molecule has 1 saturated heterocycles. The minimum atomic E-state index is -0.563. The van der Waals surface area contributed by atoms with Crippen LogP contribution in [0, 0.1) is 5.92 Å². The predicted molar refractivity (Wildman–Crippen MR) is 90.7 cm³/mol. The van der Waals surface area contributed by atoms with Gasteiger partial charge in [0.1, 0.15) is 5.82 Å². The topological polar surface area (TPSA) is 74.3 Å². The number of H-pyrrole nitrogens is 1. The van der Waals surface area contributed by atoms with Crippen molar-refractivity contribution in [2.45, 2.75) is 75.5 Å². The first-order valence-corrected chi connectivity index (χ1v) is 9.48. The second-order valence-electron chi connectivity index (χ2n) is 8.30. The Morgan fingerprint density at radius 3 is 2.71 bits per heavy atom. The third-order valence-electron chi connectivity index (χ3n) is 6.18. The van der Waals surface area contributed by atoms with Crippen LogP contribution in [-0.4, -0.2) is 57.1 Å². The average molecular weight is 334 g/mol. The molecule has 1 aliphatic heterocycles. The van der Waals surface area contributed by atoms with Crippen LogP contribution >= 0.6 is 0 Å². The number of hydrogen-bond acceptors (Lipinski definition) is 5. The van der Waals surface area contributed by atoms with Crippen LogP contribution < -0.4 is 0 Å². The number of β-amino-alcohol motifs (C(OH)–C–C–N with tert-alkyl or cyclic N) is 1. The van der Waals surface area contributed by atoms with Crippen molar-refractivity contribution >= 4 is 0 Å². The molecule has 0 amide bonds. The van der Waals surface area contributed by atoms with Crippen LogP contribution in [0.5, 0.6) is 0 Å². The summed E-state index contributed by atoms with van der Waals surface area (Å²) >= 11 is 0. The first-order chi connectivity index (χ1) is 11.6. The monoisotopic (exact) mass is 334 g/mol. The summed E-state index contributed by atoms with van der Waals surface area (Å²) in [5, 5.41) is 18.6. The lowest BCUT2D eigenvalue weighted by molar-refractivity contribution is -0.0402. The fourth-order valence-electron chi connectivity index (χ4n) is 4.29. The van der Waals surface area contributed by atoms with Crippen LogP contribution in [0.2, 0.25) is 0 Å². The molecule has 0 aromatic carbocycles. The summed E-state index contributed by atoms with van der Waals surface area (Å²) in [7, 11) is 1.78. The third kappa shape index (κ3) is 3.37. The van der Waals surface area contributed by atoms with Gasteiger partial charge in [0.15, 0.2) is 5.82 Å². The first kappa shape index (κ1) is 16.5. The highest BCUT2D eigenvalue weighted by molar-refractivity contribution is 5.09. The van der Waals surface area contributed by atoms with Gasteiger partial charge in [-0.25, -0.2) is 4.98 Å². The summed E-state index contributed by atoms with van der Waals surface area (Å²) < 4.78 is 5.61. The van der Waals surface area contributed by atoms with E-state index in [0.717, 1.165) is 56.2 Å². The van der Waals surface area contributed by atoms with Crippen molar-refractivity contribution in [3.8, 4) is 0 Å². The number of aliphatic hydroxyl groups is 1. The van der Waals surface area contributed by atoms with Gasteiger partial charge < -0.3 is 9.84 Å². The number of aromatic nitrogens is 3. The second kappa shape index (κ2) is 6.39. The maximum Gasteiger partial charge on any atom is 0.153 e. The summed E-state index contributed by atoms with van der Waals surface area (Å²) in [6.07, 6.45) is 7.60. The van der Waals surface area contributed by atoms with Crippen molar-refractivity contribution in [2.75, 3.05) is 20.2 Å². The number of aromatic amines is 1. The van der Waals surface area contributed by atoms with E-state index in [-0.39, 0.29) is 12.1 Å². The van der Waals surface area contributed by atoms with Crippen LogP contribution in [0.4, 0.5) is 0 Å². The van der Waals surface area contributed by atoms with Gasteiger partial charge in [-0.15, -0.1) is 0 Å². The van der Waals surface area contributed by atoms with Crippen LogP contribution in [0.1, 0.15) is 75.5 Å². The molecule has 4 rings (SSSR count). The van der Waals surface area contributed by atoms with Gasteiger partial charge in [-0.1, -0.05) is 6.92 Å². The molecule has 6 nitrogen and oxygen atoms in total. The van der Waals surface area contributed by atoms with Gasteiger partial charge in [0, 0.05) is 26.1 Å². The average Bonchev–Trinajstić information content (AvgIpc) is 3.17. The normalized spacial score (nSPS) is 37.9. The highest BCUT2D eigenvalue weighted by Crippen LogP contribution is 2.40. The molecule has 134 valence electrons. The summed E-state index contributed by atoms with van der Waals surface area (Å²) in [5.41, 5.74) is -0.563. The van der Waals surface area contributed by atoms with Crippen molar-refractivity contribution in [3.05, 3.63) is 11.6 Å². The maximum absolute atomic E-state index is 11.0. The van der Waals surface area contributed by atoms with E-state index < -0.39 is 5.60 Å². The number of ether oxygens (including phenoxy) is 1. The Hall–Kier alpha value is -0.980. The molecule has 2 atom stereocenters. The van der Waals surface area contributed by atoms with Crippen LogP contribution in [0.3, 0.4) is 0 Å². The number of hydrogen-bond donors (Lipinski definition) is 2. The molecule has 2 N–H and O–H groups in total. The summed E-state index contributed by atoms with van der Waals surface area (Å²) in [6, 6.07) is 0.179. The molecule has 2 heterocycles. The third-order valence-corrected chi connectivity index (χ3v) is 6.18. The Morgan fingerprint density at radius 2 is 2.04 bits per heavy atom. The second-order valence-corrected chi connectivity index (χ2v) is 8.30. The molecule has 1 aromatic rings. The Balaban J connectivity index is 1.48. The van der Waals surface area contributed by atoms with Crippen LogP contribution in [0.25, 0.3) is 0 Å². The molecular formula is C18H30N4O2. The van der Waals surface area contributed by atoms with Crippen molar-refractivity contribution in [1.82, 2.24) is 20.1 Å². The Kier molecular flexibility index (Phi) is 4.39. The van der Waals surface area contributed by atoms with Gasteiger partial charge >= 0.3 is 0 Å². The number of nitrogens with one attached hydrogen (secondary N) is 1. The molecular weight excluding hydrogens is 304 g/mol. The number of rotatable bonds is 5. The number of likely N-dealkylation sites (tertiary alicyclic amines) is 1. The first-order valence-electron chi connectivity index (χ1n) is 9.48. The number of methoxy groups -OCH3 is 1. The zero-order valence-corrected chi connectivity index (χ0v) is 14.9. The Labute approximate surface area is 144 Å². The van der Waals surface area contributed by atoms with Crippen LogP contribution in [0.15, 0.2) is 0 Å². The van der Waals surface area contributed by atoms with E-state index in [1.54, 1.807) is 7.11 Å². The minimum Gasteiger partial charge on any atom is -0.389 e.